The molecule has 0 saturated carbocycles. The third-order valence-corrected chi connectivity index (χ3v) is 11.3. The average Bonchev–Trinajstić information content (AvgIpc) is 3.22. The van der Waals surface area contributed by atoms with E-state index in [2.05, 4.69) is 203 Å². The molecule has 0 spiro atoms. The van der Waals surface area contributed by atoms with E-state index in [4.69, 9.17) is 13.6 Å². The molecular formula is C48H51O3P. The van der Waals surface area contributed by atoms with Crippen LogP contribution in [0.1, 0.15) is 92.7 Å². The van der Waals surface area contributed by atoms with Gasteiger partial charge in [-0.1, -0.05) is 222 Å². The van der Waals surface area contributed by atoms with Crippen LogP contribution in [-0.4, -0.2) is 0 Å². The highest BCUT2D eigenvalue weighted by atomic mass is 31.2. The van der Waals surface area contributed by atoms with Crippen molar-refractivity contribution in [3.05, 3.63) is 215 Å². The number of hydrogen-bond donors (Lipinski definition) is 0. The molecule has 0 saturated heterocycles. The molecule has 0 aliphatic carbocycles. The monoisotopic (exact) mass is 706 g/mol. The van der Waals surface area contributed by atoms with Crippen molar-refractivity contribution in [1.29, 1.82) is 0 Å². The van der Waals surface area contributed by atoms with Gasteiger partial charge in [0.15, 0.2) is 0 Å². The van der Waals surface area contributed by atoms with E-state index in [1.807, 2.05) is 0 Å². The Balaban J connectivity index is 1.63. The molecule has 0 unspecified atom stereocenters. The summed E-state index contributed by atoms with van der Waals surface area (Å²) in [7, 11) is -2.10. The molecule has 0 aliphatic heterocycles. The van der Waals surface area contributed by atoms with Gasteiger partial charge in [0, 0.05) is 0 Å². The van der Waals surface area contributed by atoms with E-state index in [0.29, 0.717) is 0 Å². The summed E-state index contributed by atoms with van der Waals surface area (Å²) in [5, 5.41) is 0. The fourth-order valence-corrected chi connectivity index (χ4v) is 9.34. The molecule has 6 rings (SSSR count). The lowest BCUT2D eigenvalue weighted by molar-refractivity contribution is -0.0239. The quantitative estimate of drug-likeness (QED) is 0.0833. The van der Waals surface area contributed by atoms with E-state index >= 15 is 0 Å². The molecule has 0 bridgehead atoms. The van der Waals surface area contributed by atoms with E-state index in [1.54, 1.807) is 0 Å². The molecule has 6 aromatic carbocycles. The highest BCUT2D eigenvalue weighted by Gasteiger charge is 2.48. The van der Waals surface area contributed by atoms with Crippen LogP contribution < -0.4 is 0 Å². The predicted molar refractivity (Wildman–Crippen MR) is 216 cm³/mol. The Morgan fingerprint density at radius 3 is 0.635 bits per heavy atom. The Hall–Kier alpha value is -4.37. The topological polar surface area (TPSA) is 27.7 Å². The van der Waals surface area contributed by atoms with E-state index in [-0.39, 0.29) is 0 Å². The fraction of sp³-hybridized carbons (Fsp3) is 0.250. The van der Waals surface area contributed by atoms with Crippen molar-refractivity contribution in [2.75, 3.05) is 0 Å². The second-order valence-corrected chi connectivity index (χ2v) is 14.4. The van der Waals surface area contributed by atoms with Gasteiger partial charge in [-0.2, -0.15) is 0 Å². The molecule has 0 aliphatic rings. The summed E-state index contributed by atoms with van der Waals surface area (Å²) in [6.07, 6.45) is 4.89. The van der Waals surface area contributed by atoms with Crippen molar-refractivity contribution in [2.24, 2.45) is 0 Å². The lowest BCUT2D eigenvalue weighted by Crippen LogP contribution is -2.37. The minimum atomic E-state index is -2.10. The van der Waals surface area contributed by atoms with Gasteiger partial charge in [0.05, 0.1) is 0 Å². The van der Waals surface area contributed by atoms with Gasteiger partial charge in [0.25, 0.3) is 0 Å². The minimum absolute atomic E-state index is 0.738. The first-order chi connectivity index (χ1) is 25.6. The maximum Gasteiger partial charge on any atom is 0.336 e. The average molecular weight is 707 g/mol. The number of rotatable bonds is 18. The Morgan fingerprint density at radius 1 is 0.308 bits per heavy atom. The van der Waals surface area contributed by atoms with Crippen LogP contribution in [0.2, 0.25) is 0 Å². The van der Waals surface area contributed by atoms with Gasteiger partial charge in [0.2, 0.25) is 0 Å². The van der Waals surface area contributed by atoms with Crippen LogP contribution in [0.25, 0.3) is 0 Å². The summed E-state index contributed by atoms with van der Waals surface area (Å²) in [4.78, 5) is 0. The smallest absolute Gasteiger partial charge is 0.296 e. The minimum Gasteiger partial charge on any atom is -0.296 e. The largest absolute Gasteiger partial charge is 0.336 e. The number of benzene rings is 6. The molecule has 0 aromatic heterocycles. The molecule has 0 atom stereocenters. The van der Waals surface area contributed by atoms with Crippen molar-refractivity contribution >= 4 is 8.60 Å². The lowest BCUT2D eigenvalue weighted by Gasteiger charge is -2.45. The maximum absolute atomic E-state index is 7.76. The van der Waals surface area contributed by atoms with Gasteiger partial charge in [-0.25, -0.2) is 0 Å². The molecule has 52 heavy (non-hydrogen) atoms. The molecule has 4 heteroatoms. The Morgan fingerprint density at radius 2 is 0.481 bits per heavy atom. The third-order valence-electron chi connectivity index (χ3n) is 9.94. The second-order valence-electron chi connectivity index (χ2n) is 13.4. The van der Waals surface area contributed by atoms with Crippen LogP contribution in [0.4, 0.5) is 0 Å². The van der Waals surface area contributed by atoms with E-state index < -0.39 is 25.4 Å². The third kappa shape index (κ3) is 7.99. The molecule has 3 nitrogen and oxygen atoms in total. The van der Waals surface area contributed by atoms with E-state index in [0.717, 1.165) is 71.9 Å². The van der Waals surface area contributed by atoms with Gasteiger partial charge in [0.1, 0.15) is 16.8 Å². The Labute approximate surface area is 312 Å². The molecule has 0 N–H and O–H groups in total. The first kappa shape index (κ1) is 37.4. The van der Waals surface area contributed by atoms with Gasteiger partial charge in [-0.3, -0.25) is 13.6 Å². The van der Waals surface area contributed by atoms with Crippen LogP contribution >= 0.6 is 8.60 Å². The van der Waals surface area contributed by atoms with Crippen LogP contribution in [0.5, 0.6) is 0 Å². The van der Waals surface area contributed by atoms with Crippen LogP contribution in [0, 0.1) is 0 Å². The molecular weight excluding hydrogens is 655 g/mol. The highest BCUT2D eigenvalue weighted by Crippen LogP contribution is 2.61. The number of hydrogen-bond acceptors (Lipinski definition) is 3. The zero-order chi connectivity index (χ0) is 36.1. The maximum atomic E-state index is 7.76. The van der Waals surface area contributed by atoms with Crippen molar-refractivity contribution < 1.29 is 13.6 Å². The zero-order valence-electron chi connectivity index (χ0n) is 30.7. The van der Waals surface area contributed by atoms with Gasteiger partial charge >= 0.3 is 8.60 Å². The SMILES string of the molecule is CCCC(OP(OC(CCC)(c1ccccc1)c1ccccc1)OC(CCC)(c1ccccc1)c1ccccc1)(c1ccccc1)c1ccccc1. The van der Waals surface area contributed by atoms with Gasteiger partial charge in [-0.15, -0.1) is 0 Å². The Bertz CT molecular complexity index is 1540. The summed E-state index contributed by atoms with van der Waals surface area (Å²) in [5.41, 5.74) is 3.89. The molecule has 6 aromatic rings. The van der Waals surface area contributed by atoms with Gasteiger partial charge in [-0.05, 0) is 52.6 Å². The summed E-state index contributed by atoms with van der Waals surface area (Å²) in [6, 6.07) is 63.7. The molecule has 0 radical (unpaired) electrons. The zero-order valence-corrected chi connectivity index (χ0v) is 31.6. The molecule has 0 amide bonds. The normalized spacial score (nSPS) is 12.2. The van der Waals surface area contributed by atoms with Crippen molar-refractivity contribution in [1.82, 2.24) is 0 Å². The summed E-state index contributed by atoms with van der Waals surface area (Å²) in [5.74, 6) is 0. The summed E-state index contributed by atoms with van der Waals surface area (Å²) < 4.78 is 23.3. The second kappa shape index (κ2) is 17.9. The summed E-state index contributed by atoms with van der Waals surface area (Å²) >= 11 is 0. The van der Waals surface area contributed by atoms with Crippen LogP contribution in [0.3, 0.4) is 0 Å². The molecule has 266 valence electrons. The molecule has 0 fully saturated rings. The van der Waals surface area contributed by atoms with Crippen LogP contribution in [-0.2, 0) is 30.4 Å². The predicted octanol–water partition coefficient (Wildman–Crippen LogP) is 13.5. The van der Waals surface area contributed by atoms with E-state index in [1.165, 1.54) is 0 Å². The first-order valence-electron chi connectivity index (χ1n) is 18.8. The Kier molecular flexibility index (Phi) is 12.9. The van der Waals surface area contributed by atoms with Gasteiger partial charge < -0.3 is 0 Å². The van der Waals surface area contributed by atoms with Crippen LogP contribution in [0.15, 0.2) is 182 Å². The van der Waals surface area contributed by atoms with Crippen molar-refractivity contribution in [2.45, 2.75) is 76.1 Å². The summed E-state index contributed by atoms with van der Waals surface area (Å²) in [6.45, 7) is 6.66. The van der Waals surface area contributed by atoms with Crippen molar-refractivity contribution in [3.8, 4) is 0 Å². The highest BCUT2D eigenvalue weighted by molar-refractivity contribution is 7.41. The van der Waals surface area contributed by atoms with Crippen molar-refractivity contribution in [3.63, 3.8) is 0 Å². The first-order valence-corrected chi connectivity index (χ1v) is 19.9. The van der Waals surface area contributed by atoms with E-state index in [9.17, 15) is 0 Å². The fourth-order valence-electron chi connectivity index (χ4n) is 7.56. The molecule has 0 heterocycles. The standard InChI is InChI=1S/C48H51O3P/c1-4-37-46(40-25-13-7-14-26-40,41-27-15-8-16-28-41)49-52(50-47(38-5-2,42-29-17-9-18-30-42)43-31-19-10-20-32-43)51-48(39-6-3,44-33-21-11-22-34-44)45-35-23-12-24-36-45/h7-36H,4-6,37-39H2,1-3H3. The lowest BCUT2D eigenvalue weighted by atomic mass is 9.83.